The molecule has 13 heavy (non-hydrogen) atoms. The summed E-state index contributed by atoms with van der Waals surface area (Å²) in [6.07, 6.45) is 9.97. The van der Waals surface area contributed by atoms with Gasteiger partial charge in [0.1, 0.15) is 0 Å². The van der Waals surface area contributed by atoms with Gasteiger partial charge in [0, 0.05) is 17.2 Å². The first kappa shape index (κ1) is 10.9. The second-order valence-electron chi connectivity index (χ2n) is 3.85. The summed E-state index contributed by atoms with van der Waals surface area (Å²) in [5.74, 6) is 4.03. The van der Waals surface area contributed by atoms with Gasteiger partial charge in [0.25, 0.3) is 0 Å². The van der Waals surface area contributed by atoms with Crippen LogP contribution in [0.25, 0.3) is 0 Å². The lowest BCUT2D eigenvalue weighted by atomic mass is 9.93. The Morgan fingerprint density at radius 2 is 2.46 bits per heavy atom. The molecule has 1 aliphatic rings. The molecule has 1 heterocycles. The first-order chi connectivity index (χ1) is 6.23. The van der Waals surface area contributed by atoms with Gasteiger partial charge in [-0.25, -0.2) is 0 Å². The molecular weight excluding hydrogens is 178 g/mol. The molecule has 1 rings (SSSR count). The minimum Gasteiger partial charge on any atom is -0.316 e. The standard InChI is InChI=1S/C11H19NS/c1-4-5-7-10(12-3)11(2)8-6-9-13-11/h1,10,12H,5-9H2,2-3H3. The number of hydrogen-bond donors (Lipinski definition) is 1. The molecule has 1 nitrogen and oxygen atoms in total. The molecule has 2 atom stereocenters. The Kier molecular flexibility index (Phi) is 4.15. The molecule has 0 spiro atoms. The topological polar surface area (TPSA) is 12.0 Å². The highest BCUT2D eigenvalue weighted by Crippen LogP contribution is 2.41. The van der Waals surface area contributed by atoms with Crippen LogP contribution in [-0.2, 0) is 0 Å². The van der Waals surface area contributed by atoms with E-state index >= 15 is 0 Å². The van der Waals surface area contributed by atoms with E-state index in [-0.39, 0.29) is 0 Å². The van der Waals surface area contributed by atoms with Crippen molar-refractivity contribution in [2.45, 2.75) is 43.4 Å². The molecule has 1 aliphatic heterocycles. The maximum atomic E-state index is 5.29. The predicted molar refractivity (Wildman–Crippen MR) is 61.0 cm³/mol. The van der Waals surface area contributed by atoms with Gasteiger partial charge in [0.15, 0.2) is 0 Å². The SMILES string of the molecule is C#CCCC(NC)C1(C)CCCS1. The van der Waals surface area contributed by atoms with E-state index in [2.05, 4.69) is 29.9 Å². The van der Waals surface area contributed by atoms with Crippen LogP contribution in [0.2, 0.25) is 0 Å². The number of rotatable bonds is 4. The van der Waals surface area contributed by atoms with Crippen molar-refractivity contribution in [3.05, 3.63) is 0 Å². The average Bonchev–Trinajstić information content (AvgIpc) is 2.54. The molecule has 0 aromatic carbocycles. The molecule has 0 amide bonds. The molecule has 0 saturated carbocycles. The third-order valence-corrected chi connectivity index (χ3v) is 4.55. The first-order valence-corrected chi connectivity index (χ1v) is 5.96. The molecule has 1 saturated heterocycles. The van der Waals surface area contributed by atoms with E-state index in [1.807, 2.05) is 7.05 Å². The molecule has 1 fully saturated rings. The highest BCUT2D eigenvalue weighted by molar-refractivity contribution is 8.00. The minimum atomic E-state index is 0.422. The molecule has 0 bridgehead atoms. The lowest BCUT2D eigenvalue weighted by Crippen LogP contribution is -2.43. The second-order valence-corrected chi connectivity index (χ2v) is 5.48. The number of terminal acetylenes is 1. The number of thioether (sulfide) groups is 1. The largest absolute Gasteiger partial charge is 0.316 e. The Labute approximate surface area is 86.1 Å². The van der Waals surface area contributed by atoms with E-state index in [9.17, 15) is 0 Å². The molecule has 0 aromatic heterocycles. The Morgan fingerprint density at radius 1 is 1.69 bits per heavy atom. The molecule has 0 radical (unpaired) electrons. The predicted octanol–water partition coefficient (Wildman–Crippen LogP) is 2.27. The van der Waals surface area contributed by atoms with Crippen molar-refractivity contribution in [2.24, 2.45) is 0 Å². The summed E-state index contributed by atoms with van der Waals surface area (Å²) in [6, 6.07) is 0.580. The Bertz CT molecular complexity index is 189. The zero-order chi connectivity index (χ0) is 9.73. The molecule has 0 aliphatic carbocycles. The molecule has 74 valence electrons. The molecule has 2 unspecified atom stereocenters. The highest BCUT2D eigenvalue weighted by atomic mass is 32.2. The van der Waals surface area contributed by atoms with Gasteiger partial charge in [-0.15, -0.1) is 12.3 Å². The van der Waals surface area contributed by atoms with Gasteiger partial charge in [0.05, 0.1) is 0 Å². The van der Waals surface area contributed by atoms with Crippen LogP contribution in [0.1, 0.15) is 32.6 Å². The van der Waals surface area contributed by atoms with E-state index in [0.717, 1.165) is 12.8 Å². The summed E-state index contributed by atoms with van der Waals surface area (Å²) in [4.78, 5) is 0. The second kappa shape index (κ2) is 4.93. The Morgan fingerprint density at radius 3 is 2.92 bits per heavy atom. The van der Waals surface area contributed by atoms with Crippen LogP contribution < -0.4 is 5.32 Å². The van der Waals surface area contributed by atoms with Gasteiger partial charge < -0.3 is 5.32 Å². The van der Waals surface area contributed by atoms with Crippen LogP contribution in [0.3, 0.4) is 0 Å². The van der Waals surface area contributed by atoms with Gasteiger partial charge in [-0.05, 0) is 39.0 Å². The van der Waals surface area contributed by atoms with Crippen molar-refractivity contribution in [1.29, 1.82) is 0 Å². The van der Waals surface area contributed by atoms with E-state index in [0.29, 0.717) is 10.8 Å². The lowest BCUT2D eigenvalue weighted by molar-refractivity contribution is 0.408. The zero-order valence-electron chi connectivity index (χ0n) is 8.60. The van der Waals surface area contributed by atoms with Crippen molar-refractivity contribution in [2.75, 3.05) is 12.8 Å². The third kappa shape index (κ3) is 2.65. The summed E-state index contributed by atoms with van der Waals surface area (Å²) in [5.41, 5.74) is 0. The summed E-state index contributed by atoms with van der Waals surface area (Å²) < 4.78 is 0.422. The van der Waals surface area contributed by atoms with Crippen molar-refractivity contribution < 1.29 is 0 Å². The van der Waals surface area contributed by atoms with Crippen LogP contribution in [0.15, 0.2) is 0 Å². The average molecular weight is 197 g/mol. The van der Waals surface area contributed by atoms with Gasteiger partial charge >= 0.3 is 0 Å². The summed E-state index contributed by atoms with van der Waals surface area (Å²) in [7, 11) is 2.05. The quantitative estimate of drug-likeness (QED) is 0.694. The van der Waals surface area contributed by atoms with E-state index in [1.165, 1.54) is 18.6 Å². The monoisotopic (exact) mass is 197 g/mol. The normalized spacial score (nSPS) is 29.9. The molecule has 2 heteroatoms. The molecule has 0 aromatic rings. The van der Waals surface area contributed by atoms with Crippen LogP contribution in [0.4, 0.5) is 0 Å². The van der Waals surface area contributed by atoms with Crippen molar-refractivity contribution in [3.63, 3.8) is 0 Å². The fraction of sp³-hybridized carbons (Fsp3) is 0.818. The van der Waals surface area contributed by atoms with E-state index in [4.69, 9.17) is 6.42 Å². The fourth-order valence-corrected chi connectivity index (χ4v) is 3.54. The van der Waals surface area contributed by atoms with Crippen LogP contribution in [-0.4, -0.2) is 23.6 Å². The Hall–Kier alpha value is -0.130. The van der Waals surface area contributed by atoms with Crippen LogP contribution in [0, 0.1) is 12.3 Å². The summed E-state index contributed by atoms with van der Waals surface area (Å²) >= 11 is 2.10. The zero-order valence-corrected chi connectivity index (χ0v) is 9.41. The Balaban J connectivity index is 2.49. The van der Waals surface area contributed by atoms with Gasteiger partial charge in [-0.3, -0.25) is 0 Å². The van der Waals surface area contributed by atoms with Gasteiger partial charge in [0.2, 0.25) is 0 Å². The van der Waals surface area contributed by atoms with Gasteiger partial charge in [-0.2, -0.15) is 11.8 Å². The third-order valence-electron chi connectivity index (χ3n) is 2.91. The molecule has 1 N–H and O–H groups in total. The van der Waals surface area contributed by atoms with Crippen LogP contribution >= 0.6 is 11.8 Å². The maximum absolute atomic E-state index is 5.29. The van der Waals surface area contributed by atoms with E-state index < -0.39 is 0 Å². The summed E-state index contributed by atoms with van der Waals surface area (Å²) in [5, 5.41) is 3.40. The number of hydrogen-bond acceptors (Lipinski definition) is 2. The van der Waals surface area contributed by atoms with Crippen molar-refractivity contribution >= 4 is 11.8 Å². The fourth-order valence-electron chi connectivity index (χ4n) is 2.06. The first-order valence-electron chi connectivity index (χ1n) is 4.97. The van der Waals surface area contributed by atoms with Crippen LogP contribution in [0.5, 0.6) is 0 Å². The maximum Gasteiger partial charge on any atom is 0.0285 e. The number of nitrogens with one attached hydrogen (secondary N) is 1. The van der Waals surface area contributed by atoms with Crippen molar-refractivity contribution in [1.82, 2.24) is 5.32 Å². The highest BCUT2D eigenvalue weighted by Gasteiger charge is 2.36. The molecular formula is C11H19NS. The van der Waals surface area contributed by atoms with E-state index in [1.54, 1.807) is 0 Å². The minimum absolute atomic E-state index is 0.422. The smallest absolute Gasteiger partial charge is 0.0285 e. The lowest BCUT2D eigenvalue weighted by Gasteiger charge is -2.32. The van der Waals surface area contributed by atoms with Crippen molar-refractivity contribution in [3.8, 4) is 12.3 Å². The summed E-state index contributed by atoms with van der Waals surface area (Å²) in [6.45, 7) is 2.36. The van der Waals surface area contributed by atoms with Gasteiger partial charge in [-0.1, -0.05) is 0 Å².